The number of aliphatic hydroxyl groups excluding tert-OH is 1. The van der Waals surface area contributed by atoms with Crippen molar-refractivity contribution in [3.63, 3.8) is 0 Å². The van der Waals surface area contributed by atoms with Gasteiger partial charge in [0.1, 0.15) is 0 Å². The quantitative estimate of drug-likeness (QED) is 0.492. The summed E-state index contributed by atoms with van der Waals surface area (Å²) in [5.74, 6) is -1.63. The third-order valence-corrected chi connectivity index (χ3v) is 7.58. The van der Waals surface area contributed by atoms with E-state index < -0.39 is 27.9 Å². The van der Waals surface area contributed by atoms with E-state index in [4.69, 9.17) is 0 Å². The number of anilines is 2. The number of nitrogens with one attached hydrogen (secondary N) is 2. The van der Waals surface area contributed by atoms with Gasteiger partial charge < -0.3 is 20.3 Å². The number of nitrogens with zero attached hydrogens (tertiary/aromatic N) is 2. The van der Waals surface area contributed by atoms with E-state index in [1.807, 2.05) is 35.9 Å². The van der Waals surface area contributed by atoms with Crippen LogP contribution in [-0.4, -0.2) is 48.7 Å². The molecule has 0 radical (unpaired) electrons. The van der Waals surface area contributed by atoms with Crippen LogP contribution in [0.1, 0.15) is 24.5 Å². The highest BCUT2D eigenvalue weighted by molar-refractivity contribution is 7.92. The Labute approximate surface area is 192 Å². The van der Waals surface area contributed by atoms with Crippen LogP contribution in [0.3, 0.4) is 0 Å². The topological polar surface area (TPSA) is 121 Å². The van der Waals surface area contributed by atoms with Gasteiger partial charge in [-0.1, -0.05) is 18.2 Å². The van der Waals surface area contributed by atoms with Crippen molar-refractivity contribution in [2.24, 2.45) is 7.05 Å². The minimum absolute atomic E-state index is 0.119. The van der Waals surface area contributed by atoms with Gasteiger partial charge in [0.2, 0.25) is 10.0 Å². The largest absolute Gasteiger partial charge is 0.386 e. The first-order chi connectivity index (χ1) is 15.8. The van der Waals surface area contributed by atoms with Crippen LogP contribution in [0.5, 0.6) is 0 Å². The molecule has 10 heteroatoms. The van der Waals surface area contributed by atoms with Crippen LogP contribution < -0.4 is 14.9 Å². The highest BCUT2D eigenvalue weighted by Gasteiger charge is 2.26. The van der Waals surface area contributed by atoms with Gasteiger partial charge in [0, 0.05) is 48.5 Å². The molecule has 3 aromatic rings. The lowest BCUT2D eigenvalue weighted by molar-refractivity contribution is -0.136. The number of aryl methyl sites for hydroxylation is 1. The number of benzene rings is 2. The van der Waals surface area contributed by atoms with Crippen LogP contribution >= 0.6 is 0 Å². The molecule has 1 fully saturated rings. The molecule has 0 bridgehead atoms. The first kappa shape index (κ1) is 22.8. The number of rotatable bonds is 5. The van der Waals surface area contributed by atoms with Crippen LogP contribution in [0.2, 0.25) is 0 Å². The van der Waals surface area contributed by atoms with Crippen LogP contribution in [0.25, 0.3) is 10.9 Å². The Morgan fingerprint density at radius 2 is 1.79 bits per heavy atom. The minimum Gasteiger partial charge on any atom is -0.386 e. The number of carbonyl (C=O) groups is 2. The molecule has 2 heterocycles. The van der Waals surface area contributed by atoms with E-state index in [1.165, 1.54) is 4.31 Å². The number of hydrogen-bond donors (Lipinski definition) is 3. The van der Waals surface area contributed by atoms with Crippen molar-refractivity contribution in [1.29, 1.82) is 0 Å². The third kappa shape index (κ3) is 4.86. The molecular weight excluding hydrogens is 444 g/mol. The predicted octanol–water partition coefficient (Wildman–Crippen LogP) is 1.90. The predicted molar refractivity (Wildman–Crippen MR) is 126 cm³/mol. The summed E-state index contributed by atoms with van der Waals surface area (Å²) in [6.07, 6.45) is 2.27. The molecule has 1 aliphatic heterocycles. The SMILES string of the molecule is Cn1cc([C@@H](O)CNC(=O)C(=O)Nc2ccc(N3CCCCS3(=O)=O)cc2)c2ccccc21. The highest BCUT2D eigenvalue weighted by atomic mass is 32.2. The molecule has 0 aliphatic carbocycles. The van der Waals surface area contributed by atoms with Gasteiger partial charge >= 0.3 is 11.8 Å². The lowest BCUT2D eigenvalue weighted by Crippen LogP contribution is -2.38. The maximum atomic E-state index is 12.3. The van der Waals surface area contributed by atoms with Gasteiger partial charge in [-0.05, 0) is 43.2 Å². The monoisotopic (exact) mass is 470 g/mol. The number of amides is 2. The van der Waals surface area contributed by atoms with Crippen molar-refractivity contribution in [1.82, 2.24) is 9.88 Å². The van der Waals surface area contributed by atoms with Crippen molar-refractivity contribution in [2.75, 3.05) is 28.5 Å². The number of carbonyl (C=O) groups excluding carboxylic acids is 2. The molecule has 1 aromatic heterocycles. The molecule has 0 spiro atoms. The van der Waals surface area contributed by atoms with Gasteiger partial charge in [-0.3, -0.25) is 13.9 Å². The van der Waals surface area contributed by atoms with E-state index in [9.17, 15) is 23.1 Å². The molecular formula is C23H26N4O5S. The van der Waals surface area contributed by atoms with Crippen molar-refractivity contribution >= 4 is 44.1 Å². The van der Waals surface area contributed by atoms with Crippen molar-refractivity contribution in [2.45, 2.75) is 18.9 Å². The maximum Gasteiger partial charge on any atom is 0.313 e. The molecule has 4 rings (SSSR count). The molecule has 0 unspecified atom stereocenters. The molecule has 0 saturated carbocycles. The van der Waals surface area contributed by atoms with Crippen LogP contribution in [0, 0.1) is 0 Å². The number of sulfonamides is 1. The summed E-state index contributed by atoms with van der Waals surface area (Å²) >= 11 is 0. The summed E-state index contributed by atoms with van der Waals surface area (Å²) in [6.45, 7) is 0.307. The summed E-state index contributed by atoms with van der Waals surface area (Å²) < 4.78 is 27.7. The molecule has 33 heavy (non-hydrogen) atoms. The smallest absolute Gasteiger partial charge is 0.313 e. The highest BCUT2D eigenvalue weighted by Crippen LogP contribution is 2.26. The van der Waals surface area contributed by atoms with Crippen molar-refractivity contribution in [3.8, 4) is 0 Å². The first-order valence-corrected chi connectivity index (χ1v) is 12.3. The second-order valence-electron chi connectivity index (χ2n) is 8.03. The van der Waals surface area contributed by atoms with E-state index >= 15 is 0 Å². The number of aromatic nitrogens is 1. The Morgan fingerprint density at radius 1 is 1.06 bits per heavy atom. The number of hydrogen-bond acceptors (Lipinski definition) is 5. The minimum atomic E-state index is -3.32. The van der Waals surface area contributed by atoms with Crippen LogP contribution in [0.4, 0.5) is 11.4 Å². The van der Waals surface area contributed by atoms with E-state index in [0.717, 1.165) is 17.3 Å². The number of aliphatic hydroxyl groups is 1. The second kappa shape index (κ2) is 9.24. The van der Waals surface area contributed by atoms with Crippen LogP contribution in [-0.2, 0) is 26.7 Å². The molecule has 9 nitrogen and oxygen atoms in total. The Morgan fingerprint density at radius 3 is 2.52 bits per heavy atom. The summed E-state index contributed by atoms with van der Waals surface area (Å²) in [7, 11) is -1.45. The van der Waals surface area contributed by atoms with E-state index in [-0.39, 0.29) is 12.3 Å². The fourth-order valence-corrected chi connectivity index (χ4v) is 5.64. The first-order valence-electron chi connectivity index (χ1n) is 10.7. The third-order valence-electron chi connectivity index (χ3n) is 5.71. The van der Waals surface area contributed by atoms with Crippen LogP contribution in [0.15, 0.2) is 54.7 Å². The Kier molecular flexibility index (Phi) is 6.39. The summed E-state index contributed by atoms with van der Waals surface area (Å²) in [4.78, 5) is 24.5. The lowest BCUT2D eigenvalue weighted by Gasteiger charge is -2.28. The molecule has 3 N–H and O–H groups in total. The fourth-order valence-electron chi connectivity index (χ4n) is 4.00. The van der Waals surface area contributed by atoms with Gasteiger partial charge in [0.25, 0.3) is 0 Å². The summed E-state index contributed by atoms with van der Waals surface area (Å²) in [5.41, 5.74) is 2.51. The molecule has 1 saturated heterocycles. The molecule has 174 valence electrons. The standard InChI is InChI=1S/C23H26N4O5S/c1-26-15-19(18-6-2-3-7-20(18)26)21(28)14-24-22(29)23(30)25-16-8-10-17(11-9-16)27-12-4-5-13-33(27,31)32/h2-3,6-11,15,21,28H,4-5,12-14H2,1H3,(H,24,29)(H,25,30)/t21-/m0/s1. The van der Waals surface area contributed by atoms with Gasteiger partial charge in [-0.25, -0.2) is 8.42 Å². The average molecular weight is 471 g/mol. The normalized spacial score (nSPS) is 16.4. The zero-order chi connectivity index (χ0) is 23.6. The Balaban J connectivity index is 1.34. The Bertz CT molecular complexity index is 1280. The number of fused-ring (bicyclic) bond motifs is 1. The van der Waals surface area contributed by atoms with E-state index in [0.29, 0.717) is 29.9 Å². The molecule has 1 atom stereocenters. The van der Waals surface area contributed by atoms with Gasteiger partial charge in [0.05, 0.1) is 17.5 Å². The second-order valence-corrected chi connectivity index (χ2v) is 10.0. The average Bonchev–Trinajstić information content (AvgIpc) is 3.14. The zero-order valence-corrected chi connectivity index (χ0v) is 19.0. The molecule has 2 amide bonds. The lowest BCUT2D eigenvalue weighted by atomic mass is 10.1. The van der Waals surface area contributed by atoms with Crippen molar-refractivity contribution in [3.05, 3.63) is 60.3 Å². The Hall–Kier alpha value is -3.37. The van der Waals surface area contributed by atoms with E-state index in [1.54, 1.807) is 30.5 Å². The zero-order valence-electron chi connectivity index (χ0n) is 18.2. The molecule has 2 aromatic carbocycles. The molecule has 1 aliphatic rings. The summed E-state index contributed by atoms with van der Waals surface area (Å²) in [6, 6.07) is 13.9. The van der Waals surface area contributed by atoms with Gasteiger partial charge in [0.15, 0.2) is 0 Å². The van der Waals surface area contributed by atoms with E-state index in [2.05, 4.69) is 10.6 Å². The number of para-hydroxylation sites is 1. The fraction of sp³-hybridized carbons (Fsp3) is 0.304. The van der Waals surface area contributed by atoms with Gasteiger partial charge in [-0.2, -0.15) is 0 Å². The maximum absolute atomic E-state index is 12.3. The van der Waals surface area contributed by atoms with Gasteiger partial charge in [-0.15, -0.1) is 0 Å². The summed E-state index contributed by atoms with van der Waals surface area (Å²) in [5, 5.41) is 16.3. The van der Waals surface area contributed by atoms with Crippen molar-refractivity contribution < 1.29 is 23.1 Å².